The summed E-state index contributed by atoms with van der Waals surface area (Å²) in [5, 5.41) is 2.91. The maximum atomic E-state index is 12.2. The Morgan fingerprint density at radius 2 is 2.10 bits per heavy atom. The molecule has 0 fully saturated rings. The number of amides is 1. The number of benzene rings is 1. The molecule has 0 radical (unpaired) electrons. The van der Waals surface area contributed by atoms with Gasteiger partial charge in [0.2, 0.25) is 6.79 Å². The first kappa shape index (κ1) is 13.4. The molecule has 1 aliphatic heterocycles. The summed E-state index contributed by atoms with van der Waals surface area (Å²) in [4.78, 5) is 20.2. The molecule has 3 rings (SSSR count). The van der Waals surface area contributed by atoms with Gasteiger partial charge < -0.3 is 14.8 Å². The van der Waals surface area contributed by atoms with Gasteiger partial charge >= 0.3 is 0 Å². The third kappa shape index (κ3) is 2.79. The van der Waals surface area contributed by atoms with Crippen molar-refractivity contribution in [2.24, 2.45) is 0 Å². The number of ether oxygens (including phenoxy) is 2. The van der Waals surface area contributed by atoms with Gasteiger partial charge in [0.25, 0.3) is 5.91 Å². The number of carbonyl (C=O) groups excluding carboxylic acids is 1. The number of carbonyl (C=O) groups is 1. The Bertz CT molecular complexity index is 688. The summed E-state index contributed by atoms with van der Waals surface area (Å²) < 4.78 is 10.6. The van der Waals surface area contributed by atoms with Crippen LogP contribution in [0.2, 0.25) is 0 Å². The van der Waals surface area contributed by atoms with Crippen LogP contribution < -0.4 is 14.8 Å². The predicted molar refractivity (Wildman–Crippen MR) is 75.2 cm³/mol. The Hall–Kier alpha value is -2.63. The normalized spacial score (nSPS) is 13.8. The van der Waals surface area contributed by atoms with Crippen LogP contribution in [0.15, 0.2) is 30.5 Å². The van der Waals surface area contributed by atoms with Gasteiger partial charge in [0.1, 0.15) is 11.5 Å². The minimum Gasteiger partial charge on any atom is -0.454 e. The van der Waals surface area contributed by atoms with E-state index in [9.17, 15) is 4.79 Å². The van der Waals surface area contributed by atoms with Crippen LogP contribution in [-0.4, -0.2) is 22.7 Å². The standard InChI is InChI=1S/C15H15N3O3/c1-9(11-3-4-13-14(7-11)21-8-20-13)17-15(19)12-5-6-16-10(2)18-12/h3-7,9H,8H2,1-2H3,(H,17,19). The van der Waals surface area contributed by atoms with Crippen LogP contribution in [0.25, 0.3) is 0 Å². The topological polar surface area (TPSA) is 73.3 Å². The summed E-state index contributed by atoms with van der Waals surface area (Å²) in [6.45, 7) is 3.89. The first-order valence-electron chi connectivity index (χ1n) is 6.63. The Morgan fingerprint density at radius 3 is 2.90 bits per heavy atom. The number of fused-ring (bicyclic) bond motifs is 1. The van der Waals surface area contributed by atoms with Crippen molar-refractivity contribution < 1.29 is 14.3 Å². The van der Waals surface area contributed by atoms with Gasteiger partial charge in [-0.05, 0) is 37.6 Å². The molecule has 0 aliphatic carbocycles. The van der Waals surface area contributed by atoms with Crippen molar-refractivity contribution in [2.45, 2.75) is 19.9 Å². The van der Waals surface area contributed by atoms with Gasteiger partial charge in [-0.25, -0.2) is 9.97 Å². The van der Waals surface area contributed by atoms with E-state index in [0.29, 0.717) is 17.3 Å². The summed E-state index contributed by atoms with van der Waals surface area (Å²) in [5.41, 5.74) is 1.30. The molecule has 1 aliphatic rings. The molecule has 0 saturated carbocycles. The highest BCUT2D eigenvalue weighted by Gasteiger charge is 2.17. The largest absolute Gasteiger partial charge is 0.454 e. The van der Waals surface area contributed by atoms with Crippen LogP contribution in [0.3, 0.4) is 0 Å². The Kier molecular flexibility index (Phi) is 3.43. The lowest BCUT2D eigenvalue weighted by atomic mass is 10.1. The van der Waals surface area contributed by atoms with E-state index in [1.165, 1.54) is 0 Å². The van der Waals surface area contributed by atoms with Crippen LogP contribution in [0, 0.1) is 6.92 Å². The van der Waals surface area contributed by atoms with E-state index < -0.39 is 0 Å². The van der Waals surface area contributed by atoms with Crippen molar-refractivity contribution in [1.82, 2.24) is 15.3 Å². The minimum absolute atomic E-state index is 0.165. The van der Waals surface area contributed by atoms with E-state index in [4.69, 9.17) is 9.47 Å². The fourth-order valence-electron chi connectivity index (χ4n) is 2.12. The smallest absolute Gasteiger partial charge is 0.270 e. The molecule has 0 spiro atoms. The molecule has 21 heavy (non-hydrogen) atoms. The van der Waals surface area contributed by atoms with Crippen molar-refractivity contribution in [3.8, 4) is 11.5 Å². The van der Waals surface area contributed by atoms with Gasteiger partial charge in [-0.1, -0.05) is 6.07 Å². The van der Waals surface area contributed by atoms with Gasteiger partial charge in [-0.15, -0.1) is 0 Å². The fraction of sp³-hybridized carbons (Fsp3) is 0.267. The second-order valence-corrected chi connectivity index (χ2v) is 4.80. The van der Waals surface area contributed by atoms with Crippen LogP contribution in [0.1, 0.15) is 34.8 Å². The Morgan fingerprint density at radius 1 is 1.29 bits per heavy atom. The molecule has 1 N–H and O–H groups in total. The quantitative estimate of drug-likeness (QED) is 0.933. The van der Waals surface area contributed by atoms with Gasteiger partial charge in [-0.2, -0.15) is 0 Å². The lowest BCUT2D eigenvalue weighted by Gasteiger charge is -2.14. The fourth-order valence-corrected chi connectivity index (χ4v) is 2.12. The molecule has 2 heterocycles. The molecule has 6 heteroatoms. The summed E-state index contributed by atoms with van der Waals surface area (Å²) in [7, 11) is 0. The van der Waals surface area contributed by atoms with E-state index in [2.05, 4.69) is 15.3 Å². The average molecular weight is 285 g/mol. The summed E-state index contributed by atoms with van der Waals surface area (Å²) in [6, 6.07) is 7.05. The summed E-state index contributed by atoms with van der Waals surface area (Å²) in [6.07, 6.45) is 1.57. The molecule has 2 aromatic rings. The monoisotopic (exact) mass is 285 g/mol. The van der Waals surface area contributed by atoms with Crippen LogP contribution in [0.5, 0.6) is 11.5 Å². The van der Waals surface area contributed by atoms with Crippen molar-refractivity contribution >= 4 is 5.91 Å². The zero-order valence-electron chi connectivity index (χ0n) is 11.8. The number of hydrogen-bond donors (Lipinski definition) is 1. The number of rotatable bonds is 3. The zero-order valence-corrected chi connectivity index (χ0v) is 11.8. The molecule has 0 saturated heterocycles. The molecule has 1 unspecified atom stereocenters. The maximum Gasteiger partial charge on any atom is 0.270 e. The van der Waals surface area contributed by atoms with Crippen molar-refractivity contribution in [3.63, 3.8) is 0 Å². The lowest BCUT2D eigenvalue weighted by molar-refractivity contribution is 0.0934. The number of aromatic nitrogens is 2. The predicted octanol–water partition coefficient (Wildman–Crippen LogP) is 2.00. The molecular weight excluding hydrogens is 270 g/mol. The molecule has 108 valence electrons. The minimum atomic E-state index is -0.231. The van der Waals surface area contributed by atoms with E-state index in [0.717, 1.165) is 11.3 Å². The third-order valence-electron chi connectivity index (χ3n) is 3.25. The number of aryl methyl sites for hydroxylation is 1. The molecule has 1 atom stereocenters. The highest BCUT2D eigenvalue weighted by Crippen LogP contribution is 2.34. The van der Waals surface area contributed by atoms with E-state index >= 15 is 0 Å². The molecule has 1 amide bonds. The Labute approximate surface area is 122 Å². The number of hydrogen-bond acceptors (Lipinski definition) is 5. The molecule has 1 aromatic carbocycles. The summed E-state index contributed by atoms with van der Waals surface area (Å²) >= 11 is 0. The van der Waals surface area contributed by atoms with Crippen molar-refractivity contribution in [2.75, 3.05) is 6.79 Å². The molecule has 1 aromatic heterocycles. The van der Waals surface area contributed by atoms with Crippen molar-refractivity contribution in [1.29, 1.82) is 0 Å². The second kappa shape index (κ2) is 5.40. The highest BCUT2D eigenvalue weighted by molar-refractivity contribution is 5.92. The molecule has 6 nitrogen and oxygen atoms in total. The van der Waals surface area contributed by atoms with Crippen LogP contribution in [0.4, 0.5) is 0 Å². The average Bonchev–Trinajstić information content (AvgIpc) is 2.94. The zero-order chi connectivity index (χ0) is 14.8. The lowest BCUT2D eigenvalue weighted by Crippen LogP contribution is -2.27. The first-order chi connectivity index (χ1) is 10.1. The first-order valence-corrected chi connectivity index (χ1v) is 6.63. The number of nitrogens with one attached hydrogen (secondary N) is 1. The molecular formula is C15H15N3O3. The Balaban J connectivity index is 1.74. The van der Waals surface area contributed by atoms with Crippen LogP contribution in [-0.2, 0) is 0 Å². The highest BCUT2D eigenvalue weighted by atomic mass is 16.7. The van der Waals surface area contributed by atoms with Gasteiger partial charge in [0.05, 0.1) is 6.04 Å². The van der Waals surface area contributed by atoms with Crippen molar-refractivity contribution in [3.05, 3.63) is 47.5 Å². The third-order valence-corrected chi connectivity index (χ3v) is 3.25. The SMILES string of the molecule is Cc1nccc(C(=O)NC(C)c2ccc3c(c2)OCO3)n1. The van der Waals surface area contributed by atoms with Crippen LogP contribution >= 0.6 is 0 Å². The molecule has 0 bridgehead atoms. The van der Waals surface area contributed by atoms with E-state index in [-0.39, 0.29) is 18.7 Å². The van der Waals surface area contributed by atoms with E-state index in [1.807, 2.05) is 25.1 Å². The van der Waals surface area contributed by atoms with Gasteiger partial charge in [0.15, 0.2) is 11.5 Å². The number of nitrogens with zero attached hydrogens (tertiary/aromatic N) is 2. The maximum absolute atomic E-state index is 12.2. The second-order valence-electron chi connectivity index (χ2n) is 4.80. The van der Waals surface area contributed by atoms with Gasteiger partial charge in [-0.3, -0.25) is 4.79 Å². The van der Waals surface area contributed by atoms with E-state index in [1.54, 1.807) is 19.2 Å². The summed E-state index contributed by atoms with van der Waals surface area (Å²) in [5.74, 6) is 1.76. The van der Waals surface area contributed by atoms with Gasteiger partial charge in [0, 0.05) is 6.20 Å².